The van der Waals surface area contributed by atoms with Crippen LogP contribution in [0.5, 0.6) is 0 Å². The lowest BCUT2D eigenvalue weighted by atomic mass is 10.0. The monoisotopic (exact) mass is 310 g/mol. The second-order valence-electron chi connectivity index (χ2n) is 4.00. The summed E-state index contributed by atoms with van der Waals surface area (Å²) in [5.41, 5.74) is 0.438. The first kappa shape index (κ1) is 15.8. The summed E-state index contributed by atoms with van der Waals surface area (Å²) in [5.74, 6) is -0.116. The molecule has 6 heteroatoms. The third-order valence-corrected chi connectivity index (χ3v) is 6.71. The van der Waals surface area contributed by atoms with Gasteiger partial charge in [0.2, 0.25) is 0 Å². The Bertz CT molecular complexity index is 499. The summed E-state index contributed by atoms with van der Waals surface area (Å²) >= 11 is 11.9. The number of hydrogen-bond acceptors (Lipinski definition) is 3. The molecular formula is C12H16Cl2O3S. The van der Waals surface area contributed by atoms with Crippen molar-refractivity contribution in [1.29, 1.82) is 0 Å². The molecule has 0 saturated heterocycles. The predicted octanol–water partition coefficient (Wildman–Crippen LogP) is 3.15. The first-order chi connectivity index (χ1) is 8.28. The summed E-state index contributed by atoms with van der Waals surface area (Å²) in [7, 11) is -3.58. The van der Waals surface area contributed by atoms with Crippen LogP contribution in [0.25, 0.3) is 0 Å². The molecule has 0 heterocycles. The van der Waals surface area contributed by atoms with E-state index in [9.17, 15) is 13.5 Å². The van der Waals surface area contributed by atoms with Gasteiger partial charge in [0.05, 0.1) is 0 Å². The van der Waals surface area contributed by atoms with Crippen LogP contribution in [0.3, 0.4) is 0 Å². The number of aliphatic hydroxyl groups is 1. The molecule has 0 aliphatic rings. The summed E-state index contributed by atoms with van der Waals surface area (Å²) in [5, 5.41) is 10.8. The molecule has 1 rings (SSSR count). The minimum atomic E-state index is -3.58. The van der Waals surface area contributed by atoms with Gasteiger partial charge >= 0.3 is 0 Å². The summed E-state index contributed by atoms with van der Waals surface area (Å²) < 4.78 is 22.3. The van der Waals surface area contributed by atoms with Gasteiger partial charge in [-0.2, -0.15) is 0 Å². The lowest BCUT2D eigenvalue weighted by molar-refractivity contribution is 0.154. The first-order valence-electron chi connectivity index (χ1n) is 5.63. The summed E-state index contributed by atoms with van der Waals surface area (Å²) in [6, 6.07) is 6.33. The Morgan fingerprint density at radius 1 is 1.28 bits per heavy atom. The van der Waals surface area contributed by atoms with Crippen LogP contribution in [0.2, 0.25) is 5.02 Å². The van der Waals surface area contributed by atoms with E-state index in [1.54, 1.807) is 31.2 Å². The molecule has 2 atom stereocenters. The van der Waals surface area contributed by atoms with Crippen molar-refractivity contribution in [1.82, 2.24) is 0 Å². The minimum absolute atomic E-state index is 0.116. The van der Waals surface area contributed by atoms with E-state index < -0.39 is 20.1 Å². The summed E-state index contributed by atoms with van der Waals surface area (Å²) in [6.07, 6.45) is -1.17. The molecule has 0 amide bonds. The van der Waals surface area contributed by atoms with Gasteiger partial charge in [-0.3, -0.25) is 0 Å². The molecule has 18 heavy (non-hydrogen) atoms. The Morgan fingerprint density at radius 2 is 1.78 bits per heavy atom. The Morgan fingerprint density at radius 3 is 2.17 bits per heavy atom. The van der Waals surface area contributed by atoms with Gasteiger partial charge in [0.15, 0.2) is 14.0 Å². The van der Waals surface area contributed by atoms with Crippen LogP contribution < -0.4 is 0 Å². The summed E-state index contributed by atoms with van der Waals surface area (Å²) in [4.78, 5) is 0. The van der Waals surface area contributed by atoms with Crippen molar-refractivity contribution in [2.45, 2.75) is 30.6 Å². The minimum Gasteiger partial charge on any atom is -0.385 e. The predicted molar refractivity (Wildman–Crippen MR) is 74.7 cm³/mol. The normalized spacial score (nSPS) is 17.2. The molecule has 3 nitrogen and oxygen atoms in total. The fraction of sp³-hybridized carbons (Fsp3) is 0.500. The fourth-order valence-corrected chi connectivity index (χ4v) is 3.69. The third-order valence-electron chi connectivity index (χ3n) is 2.97. The zero-order valence-electron chi connectivity index (χ0n) is 10.2. The van der Waals surface area contributed by atoms with Crippen LogP contribution in [0, 0.1) is 0 Å². The number of halogens is 2. The topological polar surface area (TPSA) is 54.4 Å². The first-order valence-corrected chi connectivity index (χ1v) is 8.04. The Kier molecular flexibility index (Phi) is 5.06. The van der Waals surface area contributed by atoms with Crippen molar-refractivity contribution in [3.05, 3.63) is 34.9 Å². The van der Waals surface area contributed by atoms with Crippen molar-refractivity contribution < 1.29 is 13.5 Å². The standard InChI is InChI=1S/C12H16Cl2O3S/c1-3-12(14,18(16,17)4-2)11(15)9-5-7-10(13)8-6-9/h5-8,11,15H,3-4H2,1-2H3/t11-,12+/m1/s1. The largest absolute Gasteiger partial charge is 0.385 e. The third kappa shape index (κ3) is 2.82. The van der Waals surface area contributed by atoms with Gasteiger partial charge in [0.25, 0.3) is 0 Å². The number of alkyl halides is 1. The van der Waals surface area contributed by atoms with Crippen LogP contribution >= 0.6 is 23.2 Å². The number of rotatable bonds is 5. The van der Waals surface area contributed by atoms with Crippen molar-refractivity contribution in [3.8, 4) is 0 Å². The number of hydrogen-bond donors (Lipinski definition) is 1. The molecule has 0 aliphatic heterocycles. The smallest absolute Gasteiger partial charge is 0.175 e. The van der Waals surface area contributed by atoms with Crippen LogP contribution in [-0.4, -0.2) is 23.5 Å². The van der Waals surface area contributed by atoms with Gasteiger partial charge in [-0.05, 0) is 24.1 Å². The number of benzene rings is 1. The molecule has 1 aromatic carbocycles. The van der Waals surface area contributed by atoms with Crippen LogP contribution in [0.4, 0.5) is 0 Å². The highest BCUT2D eigenvalue weighted by Crippen LogP contribution is 2.40. The lowest BCUT2D eigenvalue weighted by Gasteiger charge is -2.30. The average Bonchev–Trinajstić information content (AvgIpc) is 2.37. The second-order valence-corrected chi connectivity index (χ2v) is 7.87. The van der Waals surface area contributed by atoms with Crippen molar-refractivity contribution in [2.24, 2.45) is 0 Å². The van der Waals surface area contributed by atoms with Crippen LogP contribution in [0.15, 0.2) is 24.3 Å². The molecule has 1 N–H and O–H groups in total. The van der Waals surface area contributed by atoms with E-state index >= 15 is 0 Å². The van der Waals surface area contributed by atoms with E-state index in [0.717, 1.165) is 0 Å². The summed E-state index contributed by atoms with van der Waals surface area (Å²) in [6.45, 7) is 3.15. The Labute approximate surface area is 118 Å². The maximum Gasteiger partial charge on any atom is 0.175 e. The highest BCUT2D eigenvalue weighted by molar-refractivity contribution is 7.94. The van der Waals surface area contributed by atoms with Crippen LogP contribution in [-0.2, 0) is 9.84 Å². The Hall–Kier alpha value is -0.290. The molecule has 0 unspecified atom stereocenters. The molecule has 102 valence electrons. The molecule has 0 aliphatic carbocycles. The van der Waals surface area contributed by atoms with E-state index in [1.165, 1.54) is 6.92 Å². The molecule has 0 aromatic heterocycles. The van der Waals surface area contributed by atoms with Gasteiger partial charge in [0, 0.05) is 10.8 Å². The van der Waals surface area contributed by atoms with Gasteiger partial charge in [-0.1, -0.05) is 49.2 Å². The maximum absolute atomic E-state index is 12.0. The van der Waals surface area contributed by atoms with E-state index in [2.05, 4.69) is 0 Å². The van der Waals surface area contributed by atoms with Crippen molar-refractivity contribution >= 4 is 33.0 Å². The molecule has 0 radical (unpaired) electrons. The highest BCUT2D eigenvalue weighted by Gasteiger charge is 2.46. The van der Waals surface area contributed by atoms with Gasteiger partial charge in [0.1, 0.15) is 6.10 Å². The van der Waals surface area contributed by atoms with E-state index in [4.69, 9.17) is 23.2 Å². The molecule has 0 bridgehead atoms. The molecule has 0 spiro atoms. The second kappa shape index (κ2) is 5.78. The zero-order chi connectivity index (χ0) is 14.0. The van der Waals surface area contributed by atoms with E-state index in [0.29, 0.717) is 10.6 Å². The molecule has 0 fully saturated rings. The van der Waals surface area contributed by atoms with Crippen molar-refractivity contribution in [3.63, 3.8) is 0 Å². The molecule has 0 saturated carbocycles. The van der Waals surface area contributed by atoms with E-state index in [1.807, 2.05) is 0 Å². The quantitative estimate of drug-likeness (QED) is 0.850. The average molecular weight is 311 g/mol. The van der Waals surface area contributed by atoms with Gasteiger partial charge in [-0.15, -0.1) is 0 Å². The zero-order valence-corrected chi connectivity index (χ0v) is 12.6. The maximum atomic E-state index is 12.0. The Balaban J connectivity index is 3.21. The van der Waals surface area contributed by atoms with Crippen molar-refractivity contribution in [2.75, 3.05) is 5.75 Å². The number of aliphatic hydroxyl groups excluding tert-OH is 1. The lowest BCUT2D eigenvalue weighted by Crippen LogP contribution is -2.39. The molecular weight excluding hydrogens is 295 g/mol. The number of sulfone groups is 1. The molecule has 1 aromatic rings. The highest BCUT2D eigenvalue weighted by atomic mass is 35.5. The van der Waals surface area contributed by atoms with Crippen LogP contribution in [0.1, 0.15) is 31.9 Å². The van der Waals surface area contributed by atoms with Gasteiger partial charge in [-0.25, -0.2) is 8.42 Å². The fourth-order valence-electron chi connectivity index (χ4n) is 1.72. The van der Waals surface area contributed by atoms with E-state index in [-0.39, 0.29) is 12.2 Å². The van der Waals surface area contributed by atoms with Gasteiger partial charge < -0.3 is 5.11 Å². The SMILES string of the molecule is CC[C@@](Cl)([C@H](O)c1ccc(Cl)cc1)S(=O)(=O)CC.